The number of benzene rings is 1. The van der Waals surface area contributed by atoms with E-state index in [1.807, 2.05) is 42.8 Å². The van der Waals surface area contributed by atoms with Crippen molar-refractivity contribution in [2.75, 3.05) is 31.1 Å². The van der Waals surface area contributed by atoms with Crippen LogP contribution in [0.15, 0.2) is 54.2 Å². The zero-order chi connectivity index (χ0) is 19.7. The van der Waals surface area contributed by atoms with Crippen molar-refractivity contribution in [3.63, 3.8) is 0 Å². The Labute approximate surface area is 164 Å². The number of rotatable bonds is 4. The van der Waals surface area contributed by atoms with Crippen molar-refractivity contribution < 1.29 is 8.42 Å². The van der Waals surface area contributed by atoms with Gasteiger partial charge in [0, 0.05) is 44.6 Å². The summed E-state index contributed by atoms with van der Waals surface area (Å²) in [5.41, 5.74) is 1.71. The summed E-state index contributed by atoms with van der Waals surface area (Å²) in [6.45, 7) is 5.72. The maximum Gasteiger partial charge on any atom is 0.243 e. The Morgan fingerprint density at radius 2 is 1.71 bits per heavy atom. The van der Waals surface area contributed by atoms with Gasteiger partial charge in [-0.25, -0.2) is 23.4 Å². The largest absolute Gasteiger partial charge is 0.354 e. The van der Waals surface area contributed by atoms with Crippen LogP contribution in [-0.2, 0) is 10.0 Å². The predicted molar refractivity (Wildman–Crippen MR) is 106 cm³/mol. The molecule has 0 unspecified atom stereocenters. The van der Waals surface area contributed by atoms with Crippen LogP contribution < -0.4 is 4.90 Å². The van der Waals surface area contributed by atoms with Gasteiger partial charge in [-0.2, -0.15) is 4.31 Å². The number of aryl methyl sites for hydroxylation is 2. The molecule has 2 aromatic heterocycles. The predicted octanol–water partition coefficient (Wildman–Crippen LogP) is 1.79. The molecule has 1 aliphatic rings. The van der Waals surface area contributed by atoms with Gasteiger partial charge < -0.3 is 4.90 Å². The molecular formula is C19H22N6O2S. The van der Waals surface area contributed by atoms with Gasteiger partial charge in [0.2, 0.25) is 10.0 Å². The minimum absolute atomic E-state index is 0.394. The molecule has 28 heavy (non-hydrogen) atoms. The fourth-order valence-electron chi connectivity index (χ4n) is 3.33. The number of hydrogen-bond acceptors (Lipinski definition) is 6. The number of piperazine rings is 1. The Morgan fingerprint density at radius 3 is 2.43 bits per heavy atom. The first-order valence-corrected chi connectivity index (χ1v) is 10.5. The van der Waals surface area contributed by atoms with Crippen LogP contribution in [0.4, 0.5) is 5.82 Å². The van der Waals surface area contributed by atoms with E-state index in [1.165, 1.54) is 6.33 Å². The van der Waals surface area contributed by atoms with E-state index in [4.69, 9.17) is 0 Å². The summed E-state index contributed by atoms with van der Waals surface area (Å²) >= 11 is 0. The van der Waals surface area contributed by atoms with Crippen LogP contribution >= 0.6 is 0 Å². The molecule has 3 heterocycles. The second-order valence-electron chi connectivity index (χ2n) is 6.86. The second-order valence-corrected chi connectivity index (χ2v) is 8.77. The molecule has 0 amide bonds. The first-order chi connectivity index (χ1) is 13.4. The molecule has 8 nitrogen and oxygen atoms in total. The molecule has 4 rings (SSSR count). The molecule has 0 radical (unpaired) electrons. The standard InChI is InChI=1S/C19H22N6O2S/c1-15-3-4-16(2)17(11-15)28(26,27)25-9-7-23(8-10-25)18-12-19(22-13-21-18)24-6-5-20-14-24/h3-6,11-14H,7-10H2,1-2H3. The minimum Gasteiger partial charge on any atom is -0.354 e. The molecule has 0 atom stereocenters. The monoisotopic (exact) mass is 398 g/mol. The van der Waals surface area contributed by atoms with Crippen molar-refractivity contribution in [1.82, 2.24) is 23.8 Å². The lowest BCUT2D eigenvalue weighted by Gasteiger charge is -2.35. The van der Waals surface area contributed by atoms with Crippen molar-refractivity contribution >= 4 is 15.8 Å². The molecule has 146 valence electrons. The maximum atomic E-state index is 13.1. The number of aromatic nitrogens is 4. The maximum absolute atomic E-state index is 13.1. The molecule has 9 heteroatoms. The van der Waals surface area contributed by atoms with E-state index in [-0.39, 0.29) is 0 Å². The zero-order valence-electron chi connectivity index (χ0n) is 15.9. The fourth-order valence-corrected chi connectivity index (χ4v) is 5.06. The van der Waals surface area contributed by atoms with Crippen molar-refractivity contribution in [1.29, 1.82) is 0 Å². The van der Waals surface area contributed by atoms with Crippen LogP contribution in [0.25, 0.3) is 5.82 Å². The van der Waals surface area contributed by atoms with Crippen LogP contribution in [0.1, 0.15) is 11.1 Å². The van der Waals surface area contributed by atoms with E-state index in [0.29, 0.717) is 31.1 Å². The van der Waals surface area contributed by atoms with E-state index in [9.17, 15) is 8.42 Å². The first-order valence-electron chi connectivity index (χ1n) is 9.08. The molecule has 0 N–H and O–H groups in total. The number of hydrogen-bond donors (Lipinski definition) is 0. The lowest BCUT2D eigenvalue weighted by Crippen LogP contribution is -2.49. The summed E-state index contributed by atoms with van der Waals surface area (Å²) in [6.07, 6.45) is 6.71. The molecule has 0 bridgehead atoms. The van der Waals surface area contributed by atoms with Gasteiger partial charge in [-0.15, -0.1) is 0 Å². The Hall–Kier alpha value is -2.78. The summed E-state index contributed by atoms with van der Waals surface area (Å²) in [5, 5.41) is 0. The number of sulfonamides is 1. The highest BCUT2D eigenvalue weighted by Gasteiger charge is 2.30. The van der Waals surface area contributed by atoms with E-state index in [1.54, 1.807) is 22.9 Å². The highest BCUT2D eigenvalue weighted by molar-refractivity contribution is 7.89. The van der Waals surface area contributed by atoms with Crippen LogP contribution in [0.5, 0.6) is 0 Å². The zero-order valence-corrected chi connectivity index (χ0v) is 16.7. The van der Waals surface area contributed by atoms with E-state index < -0.39 is 10.0 Å². The van der Waals surface area contributed by atoms with E-state index in [0.717, 1.165) is 22.8 Å². The number of nitrogens with zero attached hydrogens (tertiary/aromatic N) is 6. The second kappa shape index (κ2) is 7.33. The molecular weight excluding hydrogens is 376 g/mol. The van der Waals surface area contributed by atoms with Gasteiger partial charge in [0.15, 0.2) is 0 Å². The van der Waals surface area contributed by atoms with Gasteiger partial charge in [-0.05, 0) is 31.0 Å². The summed E-state index contributed by atoms with van der Waals surface area (Å²) in [7, 11) is -3.50. The molecule has 1 fully saturated rings. The quantitative estimate of drug-likeness (QED) is 0.666. The number of anilines is 1. The van der Waals surface area contributed by atoms with Gasteiger partial charge in [0.25, 0.3) is 0 Å². The van der Waals surface area contributed by atoms with Crippen molar-refractivity contribution in [3.8, 4) is 5.82 Å². The SMILES string of the molecule is Cc1ccc(C)c(S(=O)(=O)N2CCN(c3cc(-n4ccnc4)ncn3)CC2)c1. The van der Waals surface area contributed by atoms with Crippen LogP contribution in [0.2, 0.25) is 0 Å². The molecule has 1 aliphatic heterocycles. The Balaban J connectivity index is 1.51. The van der Waals surface area contributed by atoms with Gasteiger partial charge in [0.05, 0.1) is 4.90 Å². The van der Waals surface area contributed by atoms with Gasteiger partial charge in [0.1, 0.15) is 24.3 Å². The lowest BCUT2D eigenvalue weighted by atomic mass is 10.2. The van der Waals surface area contributed by atoms with Crippen LogP contribution in [-0.4, -0.2) is 58.4 Å². The number of imidazole rings is 1. The van der Waals surface area contributed by atoms with Gasteiger partial charge in [-0.3, -0.25) is 4.57 Å². The van der Waals surface area contributed by atoms with Gasteiger partial charge >= 0.3 is 0 Å². The summed E-state index contributed by atoms with van der Waals surface area (Å²) < 4.78 is 29.5. The third-order valence-electron chi connectivity index (χ3n) is 4.93. The minimum atomic E-state index is -3.50. The smallest absolute Gasteiger partial charge is 0.243 e. The van der Waals surface area contributed by atoms with Crippen LogP contribution in [0, 0.1) is 13.8 Å². The molecule has 1 aromatic carbocycles. The van der Waals surface area contributed by atoms with Crippen molar-refractivity contribution in [3.05, 3.63) is 60.4 Å². The third-order valence-corrected chi connectivity index (χ3v) is 6.97. The first kappa shape index (κ1) is 18.6. The molecule has 0 aliphatic carbocycles. The van der Waals surface area contributed by atoms with E-state index >= 15 is 0 Å². The Bertz CT molecular complexity index is 1070. The Morgan fingerprint density at radius 1 is 0.964 bits per heavy atom. The average Bonchev–Trinajstić information content (AvgIpc) is 3.25. The lowest BCUT2D eigenvalue weighted by molar-refractivity contribution is 0.383. The Kier molecular flexibility index (Phi) is 4.86. The van der Waals surface area contributed by atoms with Crippen molar-refractivity contribution in [2.45, 2.75) is 18.7 Å². The van der Waals surface area contributed by atoms with Crippen LogP contribution in [0.3, 0.4) is 0 Å². The molecule has 0 saturated carbocycles. The van der Waals surface area contributed by atoms with E-state index in [2.05, 4.69) is 19.9 Å². The molecule has 0 spiro atoms. The topological polar surface area (TPSA) is 84.2 Å². The fraction of sp³-hybridized carbons (Fsp3) is 0.316. The summed E-state index contributed by atoms with van der Waals surface area (Å²) in [6, 6.07) is 7.42. The van der Waals surface area contributed by atoms with Crippen molar-refractivity contribution in [2.24, 2.45) is 0 Å². The summed E-state index contributed by atoms with van der Waals surface area (Å²) in [4.78, 5) is 15.1. The third kappa shape index (κ3) is 3.50. The summed E-state index contributed by atoms with van der Waals surface area (Å²) in [5.74, 6) is 1.51. The highest BCUT2D eigenvalue weighted by Crippen LogP contribution is 2.24. The molecule has 3 aromatic rings. The average molecular weight is 398 g/mol. The normalized spacial score (nSPS) is 15.7. The highest BCUT2D eigenvalue weighted by atomic mass is 32.2. The molecule has 1 saturated heterocycles. The van der Waals surface area contributed by atoms with Gasteiger partial charge in [-0.1, -0.05) is 12.1 Å².